The highest BCUT2D eigenvalue weighted by Crippen LogP contribution is 2.20. The molecule has 0 spiro atoms. The number of likely N-dealkylation sites (N-methyl/N-ethyl adjacent to an activating group) is 1. The topological polar surface area (TPSA) is 54.0 Å². The van der Waals surface area contributed by atoms with Gasteiger partial charge in [-0.25, -0.2) is 0 Å². The van der Waals surface area contributed by atoms with E-state index in [0.29, 0.717) is 6.54 Å². The van der Waals surface area contributed by atoms with Gasteiger partial charge < -0.3 is 10.6 Å². The fourth-order valence-electron chi connectivity index (χ4n) is 1.12. The van der Waals surface area contributed by atoms with Crippen LogP contribution in [0.25, 0.3) is 0 Å². The molecule has 1 heterocycles. The van der Waals surface area contributed by atoms with Gasteiger partial charge >= 0.3 is 0 Å². The molecule has 4 nitrogen and oxygen atoms in total. The minimum Gasteiger partial charge on any atom is -0.373 e. The number of hydrogen-bond donors (Lipinski definition) is 2. The predicted octanol–water partition coefficient (Wildman–Crippen LogP) is 1.78. The molecule has 1 amide bonds. The van der Waals surface area contributed by atoms with Crippen LogP contribution in [0.1, 0.15) is 13.8 Å². The second-order valence-electron chi connectivity index (χ2n) is 3.12. The van der Waals surface area contributed by atoms with Crippen LogP contribution in [-0.2, 0) is 4.79 Å². The second-order valence-corrected chi connectivity index (χ2v) is 3.97. The zero-order valence-electron chi connectivity index (χ0n) is 8.75. The van der Waals surface area contributed by atoms with Gasteiger partial charge in [0.1, 0.15) is 6.04 Å². The van der Waals surface area contributed by atoms with Crippen molar-refractivity contribution in [2.24, 2.45) is 0 Å². The van der Waals surface area contributed by atoms with Gasteiger partial charge in [0.15, 0.2) is 0 Å². The largest absolute Gasteiger partial charge is 0.373 e. The van der Waals surface area contributed by atoms with Crippen molar-refractivity contribution in [2.75, 3.05) is 11.9 Å². The van der Waals surface area contributed by atoms with Crippen LogP contribution in [0.3, 0.4) is 0 Å². The van der Waals surface area contributed by atoms with Crippen molar-refractivity contribution in [3.63, 3.8) is 0 Å². The molecule has 1 aromatic heterocycles. The van der Waals surface area contributed by atoms with Crippen LogP contribution in [0.4, 0.5) is 5.69 Å². The lowest BCUT2D eigenvalue weighted by molar-refractivity contribution is -0.121. The number of rotatable bonds is 4. The monoisotopic (exact) mass is 271 g/mol. The molecule has 0 aromatic carbocycles. The molecule has 0 aliphatic carbocycles. The van der Waals surface area contributed by atoms with Crippen molar-refractivity contribution in [3.8, 4) is 0 Å². The maximum atomic E-state index is 11.5. The normalized spacial score (nSPS) is 11.9. The second kappa shape index (κ2) is 5.70. The Morgan fingerprint density at radius 2 is 2.40 bits per heavy atom. The van der Waals surface area contributed by atoms with E-state index in [4.69, 9.17) is 0 Å². The third-order valence-corrected chi connectivity index (χ3v) is 2.52. The van der Waals surface area contributed by atoms with Crippen molar-refractivity contribution in [1.29, 1.82) is 0 Å². The molecule has 1 rings (SSSR count). The minimum atomic E-state index is -0.261. The Morgan fingerprint density at radius 1 is 1.67 bits per heavy atom. The number of amides is 1. The first-order chi connectivity index (χ1) is 7.15. The molecule has 5 heteroatoms. The van der Waals surface area contributed by atoms with Crippen molar-refractivity contribution in [1.82, 2.24) is 10.3 Å². The first-order valence-corrected chi connectivity index (χ1v) is 5.58. The van der Waals surface area contributed by atoms with E-state index in [0.717, 1.165) is 10.2 Å². The summed E-state index contributed by atoms with van der Waals surface area (Å²) < 4.78 is 0.848. The molecule has 0 saturated heterocycles. The van der Waals surface area contributed by atoms with Crippen LogP contribution in [0, 0.1) is 0 Å². The highest BCUT2D eigenvalue weighted by atomic mass is 79.9. The minimum absolute atomic E-state index is 0.0128. The van der Waals surface area contributed by atoms with Crippen molar-refractivity contribution >= 4 is 27.5 Å². The summed E-state index contributed by atoms with van der Waals surface area (Å²) in [5.74, 6) is -0.0128. The van der Waals surface area contributed by atoms with Crippen LogP contribution in [-0.4, -0.2) is 23.5 Å². The van der Waals surface area contributed by atoms with Gasteiger partial charge in [0.2, 0.25) is 5.91 Å². The summed E-state index contributed by atoms with van der Waals surface area (Å²) in [7, 11) is 0. The van der Waals surface area contributed by atoms with E-state index in [9.17, 15) is 4.79 Å². The van der Waals surface area contributed by atoms with E-state index in [1.165, 1.54) is 0 Å². The lowest BCUT2D eigenvalue weighted by Gasteiger charge is -2.15. The molecule has 15 heavy (non-hydrogen) atoms. The Balaban J connectivity index is 2.62. The molecule has 0 aliphatic rings. The summed E-state index contributed by atoms with van der Waals surface area (Å²) in [6, 6.07) is 1.56. The first kappa shape index (κ1) is 12.0. The summed E-state index contributed by atoms with van der Waals surface area (Å²) in [6.07, 6.45) is 3.37. The lowest BCUT2D eigenvalue weighted by atomic mass is 10.3. The third kappa shape index (κ3) is 3.51. The van der Waals surface area contributed by atoms with Crippen LogP contribution in [0.2, 0.25) is 0 Å². The fourth-order valence-corrected chi connectivity index (χ4v) is 1.48. The number of hydrogen-bond acceptors (Lipinski definition) is 3. The number of nitrogens with one attached hydrogen (secondary N) is 2. The van der Waals surface area contributed by atoms with Crippen LogP contribution < -0.4 is 10.6 Å². The van der Waals surface area contributed by atoms with E-state index in [-0.39, 0.29) is 11.9 Å². The highest BCUT2D eigenvalue weighted by Gasteiger charge is 2.12. The van der Waals surface area contributed by atoms with Gasteiger partial charge in [0.05, 0.1) is 10.2 Å². The summed E-state index contributed by atoms with van der Waals surface area (Å²) in [4.78, 5) is 15.4. The van der Waals surface area contributed by atoms with E-state index in [1.807, 2.05) is 19.9 Å². The number of halogens is 1. The number of nitrogens with zero attached hydrogens (tertiary/aromatic N) is 1. The maximum absolute atomic E-state index is 11.5. The molecule has 2 N–H and O–H groups in total. The number of anilines is 1. The van der Waals surface area contributed by atoms with Gasteiger partial charge in [-0.05, 0) is 35.8 Å². The van der Waals surface area contributed by atoms with Crippen molar-refractivity contribution < 1.29 is 4.79 Å². The van der Waals surface area contributed by atoms with Crippen LogP contribution >= 0.6 is 15.9 Å². The summed E-state index contributed by atoms with van der Waals surface area (Å²) in [5, 5.41) is 5.85. The third-order valence-electron chi connectivity index (χ3n) is 1.89. The number of pyridine rings is 1. The molecule has 0 radical (unpaired) electrons. The molecular weight excluding hydrogens is 258 g/mol. The molecule has 0 saturated carbocycles. The van der Waals surface area contributed by atoms with E-state index in [1.54, 1.807) is 12.4 Å². The first-order valence-electron chi connectivity index (χ1n) is 4.79. The average Bonchev–Trinajstić information content (AvgIpc) is 2.21. The van der Waals surface area contributed by atoms with Gasteiger partial charge in [-0.15, -0.1) is 0 Å². The van der Waals surface area contributed by atoms with Crippen LogP contribution in [0.5, 0.6) is 0 Å². The van der Waals surface area contributed by atoms with E-state index >= 15 is 0 Å². The lowest BCUT2D eigenvalue weighted by Crippen LogP contribution is -2.37. The Labute approximate surface area is 97.6 Å². The Hall–Kier alpha value is -1.10. The van der Waals surface area contributed by atoms with Gasteiger partial charge in [0, 0.05) is 18.9 Å². The van der Waals surface area contributed by atoms with E-state index < -0.39 is 0 Å². The number of carbonyl (C=O) groups is 1. The fraction of sp³-hybridized carbons (Fsp3) is 0.400. The van der Waals surface area contributed by atoms with Crippen molar-refractivity contribution in [3.05, 3.63) is 22.9 Å². The molecule has 0 aliphatic heterocycles. The van der Waals surface area contributed by atoms with Crippen molar-refractivity contribution in [2.45, 2.75) is 19.9 Å². The SMILES string of the molecule is CCNC(=O)C(C)Nc1ccncc1Br. The maximum Gasteiger partial charge on any atom is 0.242 e. The molecule has 1 atom stereocenters. The van der Waals surface area contributed by atoms with Gasteiger partial charge in [0.25, 0.3) is 0 Å². The Morgan fingerprint density at radius 3 is 3.00 bits per heavy atom. The summed E-state index contributed by atoms with van der Waals surface area (Å²) in [6.45, 7) is 4.35. The molecule has 0 fully saturated rings. The zero-order chi connectivity index (χ0) is 11.3. The Bertz CT molecular complexity index is 343. The molecule has 1 aromatic rings. The van der Waals surface area contributed by atoms with Crippen LogP contribution in [0.15, 0.2) is 22.9 Å². The smallest absolute Gasteiger partial charge is 0.242 e. The average molecular weight is 272 g/mol. The summed E-state index contributed by atoms with van der Waals surface area (Å²) >= 11 is 3.36. The molecule has 0 bridgehead atoms. The molecular formula is C10H14BrN3O. The summed E-state index contributed by atoms with van der Waals surface area (Å²) in [5.41, 5.74) is 0.865. The Kier molecular flexibility index (Phi) is 4.55. The number of aromatic nitrogens is 1. The molecule has 1 unspecified atom stereocenters. The van der Waals surface area contributed by atoms with Gasteiger partial charge in [-0.3, -0.25) is 9.78 Å². The predicted molar refractivity (Wildman–Crippen MR) is 63.7 cm³/mol. The van der Waals surface area contributed by atoms with Gasteiger partial charge in [-0.1, -0.05) is 0 Å². The quantitative estimate of drug-likeness (QED) is 0.878. The standard InChI is InChI=1S/C10H14BrN3O/c1-3-13-10(15)7(2)14-9-4-5-12-6-8(9)11/h4-7H,3H2,1-2H3,(H,12,14)(H,13,15). The van der Waals surface area contributed by atoms with Gasteiger partial charge in [-0.2, -0.15) is 0 Å². The highest BCUT2D eigenvalue weighted by molar-refractivity contribution is 9.10. The van der Waals surface area contributed by atoms with E-state index in [2.05, 4.69) is 31.5 Å². The number of carbonyl (C=O) groups excluding carboxylic acids is 1. The molecule has 82 valence electrons. The zero-order valence-corrected chi connectivity index (χ0v) is 10.3.